The van der Waals surface area contributed by atoms with Crippen LogP contribution in [-0.4, -0.2) is 55.9 Å². The number of nitrogens with one attached hydrogen (secondary N) is 1. The minimum Gasteiger partial charge on any atom is -0.491 e. The van der Waals surface area contributed by atoms with E-state index in [0.717, 1.165) is 6.54 Å². The molecule has 20 heavy (non-hydrogen) atoms. The van der Waals surface area contributed by atoms with Gasteiger partial charge in [-0.15, -0.1) is 0 Å². The molecular weight excluding hydrogens is 254 g/mol. The summed E-state index contributed by atoms with van der Waals surface area (Å²) in [5, 5.41) is 21.8. The summed E-state index contributed by atoms with van der Waals surface area (Å²) < 4.78 is 5.47. The van der Waals surface area contributed by atoms with Gasteiger partial charge in [0.05, 0.1) is 11.6 Å². The second-order valence-electron chi connectivity index (χ2n) is 5.17. The third-order valence-corrected chi connectivity index (χ3v) is 2.77. The molecule has 0 aliphatic rings. The van der Waals surface area contributed by atoms with Crippen LogP contribution in [0.1, 0.15) is 12.5 Å². The van der Waals surface area contributed by atoms with Gasteiger partial charge in [-0.25, -0.2) is 0 Å². The normalized spacial score (nSPS) is 13.8. The molecule has 110 valence electrons. The Bertz CT molecular complexity index is 426. The summed E-state index contributed by atoms with van der Waals surface area (Å²) in [4.78, 5) is 2.09. The van der Waals surface area contributed by atoms with Crippen molar-refractivity contribution in [1.82, 2.24) is 10.2 Å². The summed E-state index contributed by atoms with van der Waals surface area (Å²) >= 11 is 0. The van der Waals surface area contributed by atoms with Gasteiger partial charge in [0.25, 0.3) is 0 Å². The van der Waals surface area contributed by atoms with E-state index in [2.05, 4.69) is 17.1 Å². The van der Waals surface area contributed by atoms with Gasteiger partial charge in [-0.1, -0.05) is 0 Å². The molecule has 0 saturated carbocycles. The van der Waals surface area contributed by atoms with Crippen LogP contribution >= 0.6 is 0 Å². The van der Waals surface area contributed by atoms with Crippen molar-refractivity contribution in [2.45, 2.75) is 19.1 Å². The van der Waals surface area contributed by atoms with Crippen molar-refractivity contribution in [2.75, 3.05) is 33.8 Å². The summed E-state index contributed by atoms with van der Waals surface area (Å²) in [7, 11) is 4.03. The van der Waals surface area contributed by atoms with E-state index >= 15 is 0 Å². The summed E-state index contributed by atoms with van der Waals surface area (Å²) in [6.45, 7) is 3.72. The molecular formula is C15H23N3O2. The highest BCUT2D eigenvalue weighted by molar-refractivity contribution is 5.34. The van der Waals surface area contributed by atoms with Crippen molar-refractivity contribution in [2.24, 2.45) is 0 Å². The Balaban J connectivity index is 2.25. The highest BCUT2D eigenvalue weighted by Gasteiger charge is 2.08. The number of aliphatic hydroxyl groups excluding tert-OH is 1. The van der Waals surface area contributed by atoms with E-state index in [1.165, 1.54) is 0 Å². The first-order chi connectivity index (χ1) is 9.51. The van der Waals surface area contributed by atoms with Crippen LogP contribution < -0.4 is 10.1 Å². The van der Waals surface area contributed by atoms with Gasteiger partial charge in [-0.05, 0) is 45.3 Å². The van der Waals surface area contributed by atoms with Gasteiger partial charge in [0.15, 0.2) is 0 Å². The van der Waals surface area contributed by atoms with Crippen molar-refractivity contribution in [3.63, 3.8) is 0 Å². The van der Waals surface area contributed by atoms with Crippen molar-refractivity contribution >= 4 is 0 Å². The molecule has 0 saturated heterocycles. The largest absolute Gasteiger partial charge is 0.491 e. The molecule has 0 aromatic heterocycles. The van der Waals surface area contributed by atoms with Crippen LogP contribution in [0.3, 0.4) is 0 Å². The lowest BCUT2D eigenvalue weighted by molar-refractivity contribution is 0.103. The zero-order valence-electron chi connectivity index (χ0n) is 12.3. The predicted octanol–water partition coefficient (Wildman–Crippen LogP) is 0.838. The summed E-state index contributed by atoms with van der Waals surface area (Å²) in [5.74, 6) is 0.657. The first kappa shape index (κ1) is 16.4. The van der Waals surface area contributed by atoms with Gasteiger partial charge in [-0.2, -0.15) is 5.26 Å². The molecule has 0 bridgehead atoms. The fourth-order valence-electron chi connectivity index (χ4n) is 1.83. The van der Waals surface area contributed by atoms with Crippen LogP contribution in [0.25, 0.3) is 0 Å². The Hall–Kier alpha value is -1.61. The minimum absolute atomic E-state index is 0.230. The first-order valence-electron chi connectivity index (χ1n) is 6.70. The summed E-state index contributed by atoms with van der Waals surface area (Å²) in [5.41, 5.74) is 0.595. The Morgan fingerprint density at radius 3 is 2.55 bits per heavy atom. The number of benzene rings is 1. The number of nitriles is 1. The molecule has 2 N–H and O–H groups in total. The number of hydrogen-bond donors (Lipinski definition) is 2. The van der Waals surface area contributed by atoms with E-state index in [1.807, 2.05) is 20.2 Å². The van der Waals surface area contributed by atoms with Crippen LogP contribution in [-0.2, 0) is 0 Å². The molecule has 5 heteroatoms. The zero-order valence-corrected chi connectivity index (χ0v) is 12.3. The van der Waals surface area contributed by atoms with Crippen LogP contribution in [0.2, 0.25) is 0 Å². The number of nitrogens with zero attached hydrogens (tertiary/aromatic N) is 2. The van der Waals surface area contributed by atoms with Gasteiger partial charge < -0.3 is 20.1 Å². The molecule has 0 aliphatic heterocycles. The number of rotatable bonds is 8. The maximum atomic E-state index is 9.84. The molecule has 1 aromatic rings. The number of likely N-dealkylation sites (N-methyl/N-ethyl adjacent to an activating group) is 1. The Labute approximate surface area is 120 Å². The van der Waals surface area contributed by atoms with Gasteiger partial charge in [0.1, 0.15) is 18.5 Å². The molecule has 2 atom stereocenters. The Morgan fingerprint density at radius 2 is 2.00 bits per heavy atom. The van der Waals surface area contributed by atoms with Crippen LogP contribution in [0.15, 0.2) is 24.3 Å². The smallest absolute Gasteiger partial charge is 0.119 e. The van der Waals surface area contributed by atoms with Gasteiger partial charge >= 0.3 is 0 Å². The summed E-state index contributed by atoms with van der Waals surface area (Å²) in [6.07, 6.45) is -0.560. The monoisotopic (exact) mass is 277 g/mol. The lowest BCUT2D eigenvalue weighted by Gasteiger charge is -2.20. The maximum absolute atomic E-state index is 9.84. The summed E-state index contributed by atoms with van der Waals surface area (Å²) in [6, 6.07) is 9.21. The molecule has 2 unspecified atom stereocenters. The van der Waals surface area contributed by atoms with E-state index in [0.29, 0.717) is 23.9 Å². The molecule has 0 aliphatic carbocycles. The molecule has 0 fully saturated rings. The maximum Gasteiger partial charge on any atom is 0.119 e. The molecule has 1 aromatic carbocycles. The fourth-order valence-corrected chi connectivity index (χ4v) is 1.83. The highest BCUT2D eigenvalue weighted by Crippen LogP contribution is 2.11. The Morgan fingerprint density at radius 1 is 1.35 bits per heavy atom. The first-order valence-corrected chi connectivity index (χ1v) is 6.70. The van der Waals surface area contributed by atoms with Crippen molar-refractivity contribution in [3.8, 4) is 11.8 Å². The predicted molar refractivity (Wildman–Crippen MR) is 78.7 cm³/mol. The molecule has 0 radical (unpaired) electrons. The molecule has 5 nitrogen and oxygen atoms in total. The van der Waals surface area contributed by atoms with E-state index in [1.54, 1.807) is 24.3 Å². The van der Waals surface area contributed by atoms with E-state index in [-0.39, 0.29) is 6.61 Å². The lowest BCUT2D eigenvalue weighted by atomic mass is 10.2. The van der Waals surface area contributed by atoms with Gasteiger partial charge in [-0.3, -0.25) is 0 Å². The van der Waals surface area contributed by atoms with Crippen LogP contribution in [0, 0.1) is 11.3 Å². The average molecular weight is 277 g/mol. The van der Waals surface area contributed by atoms with Crippen LogP contribution in [0.5, 0.6) is 5.75 Å². The molecule has 1 rings (SSSR count). The number of aliphatic hydroxyl groups is 1. The lowest BCUT2D eigenvalue weighted by Crippen LogP contribution is -2.41. The second-order valence-corrected chi connectivity index (χ2v) is 5.17. The van der Waals surface area contributed by atoms with Crippen molar-refractivity contribution in [1.29, 1.82) is 5.26 Å². The zero-order chi connectivity index (χ0) is 15.0. The van der Waals surface area contributed by atoms with Gasteiger partial charge in [0.2, 0.25) is 0 Å². The van der Waals surface area contributed by atoms with E-state index in [4.69, 9.17) is 10.00 Å². The minimum atomic E-state index is -0.560. The second kappa shape index (κ2) is 8.54. The quantitative estimate of drug-likeness (QED) is 0.737. The number of ether oxygens (including phenoxy) is 1. The van der Waals surface area contributed by atoms with E-state index < -0.39 is 6.10 Å². The highest BCUT2D eigenvalue weighted by atomic mass is 16.5. The molecule has 0 amide bonds. The third-order valence-electron chi connectivity index (χ3n) is 2.77. The SMILES string of the molecule is CC(CN(C)C)NCC(O)COc1ccc(C#N)cc1. The standard InChI is InChI=1S/C15H23N3O2/c1-12(10-18(2)3)17-9-14(19)11-20-15-6-4-13(8-16)5-7-15/h4-7,12,14,17,19H,9-11H2,1-3H3. The molecule has 0 heterocycles. The van der Waals surface area contributed by atoms with Crippen molar-refractivity contribution in [3.05, 3.63) is 29.8 Å². The third kappa shape index (κ3) is 6.53. The Kier molecular flexibility index (Phi) is 7.02. The topological polar surface area (TPSA) is 68.5 Å². The van der Waals surface area contributed by atoms with Crippen LogP contribution in [0.4, 0.5) is 0 Å². The van der Waals surface area contributed by atoms with Gasteiger partial charge in [0, 0.05) is 19.1 Å². The number of hydrogen-bond acceptors (Lipinski definition) is 5. The average Bonchev–Trinajstić information content (AvgIpc) is 2.42. The molecule has 0 spiro atoms. The van der Waals surface area contributed by atoms with Crippen molar-refractivity contribution < 1.29 is 9.84 Å². The van der Waals surface area contributed by atoms with E-state index in [9.17, 15) is 5.11 Å². The fraction of sp³-hybridized carbons (Fsp3) is 0.533.